The maximum absolute atomic E-state index is 12.8. The van der Waals surface area contributed by atoms with Crippen molar-refractivity contribution in [2.45, 2.75) is 19.3 Å². The summed E-state index contributed by atoms with van der Waals surface area (Å²) in [4.78, 5) is 14.4. The number of rotatable bonds is 7. The third-order valence-electron chi connectivity index (χ3n) is 4.31. The second-order valence-corrected chi connectivity index (χ2v) is 6.54. The fourth-order valence-electron chi connectivity index (χ4n) is 2.84. The van der Waals surface area contributed by atoms with E-state index in [0.29, 0.717) is 13.1 Å². The van der Waals surface area contributed by atoms with Crippen molar-refractivity contribution in [1.82, 2.24) is 4.90 Å². The molecule has 29 heavy (non-hydrogen) atoms. The number of amides is 1. The van der Waals surface area contributed by atoms with E-state index in [2.05, 4.69) is 0 Å². The molecule has 0 unspecified atom stereocenters. The summed E-state index contributed by atoms with van der Waals surface area (Å²) in [6.07, 6.45) is -4.46. The highest BCUT2D eigenvalue weighted by Gasteiger charge is 2.30. The molecule has 150 valence electrons. The van der Waals surface area contributed by atoms with E-state index in [4.69, 9.17) is 4.74 Å². The van der Waals surface area contributed by atoms with Crippen LogP contribution >= 0.6 is 0 Å². The maximum Gasteiger partial charge on any atom is 0.416 e. The lowest BCUT2D eigenvalue weighted by Crippen LogP contribution is -2.34. The molecule has 0 heterocycles. The molecule has 3 aromatic carbocycles. The van der Waals surface area contributed by atoms with Gasteiger partial charge in [-0.15, -0.1) is 0 Å². The summed E-state index contributed by atoms with van der Waals surface area (Å²) in [6, 6.07) is 23.5. The van der Waals surface area contributed by atoms with Crippen molar-refractivity contribution >= 4 is 5.91 Å². The van der Waals surface area contributed by atoms with Crippen LogP contribution < -0.4 is 4.74 Å². The molecular formula is C23H20F3NO2. The third kappa shape index (κ3) is 6.10. The Morgan fingerprint density at radius 2 is 1.34 bits per heavy atom. The molecule has 0 N–H and O–H groups in total. The van der Waals surface area contributed by atoms with Gasteiger partial charge in [-0.1, -0.05) is 66.7 Å². The van der Waals surface area contributed by atoms with Gasteiger partial charge < -0.3 is 9.64 Å². The van der Waals surface area contributed by atoms with Crippen molar-refractivity contribution in [2.75, 3.05) is 6.61 Å². The molecule has 0 aliphatic heterocycles. The van der Waals surface area contributed by atoms with E-state index < -0.39 is 11.7 Å². The molecule has 3 rings (SSSR count). The lowest BCUT2D eigenvalue weighted by Gasteiger charge is -2.23. The monoisotopic (exact) mass is 399 g/mol. The maximum atomic E-state index is 12.8. The second kappa shape index (κ2) is 9.28. The Labute approximate surface area is 167 Å². The quantitative estimate of drug-likeness (QED) is 0.539. The Hall–Kier alpha value is -3.28. The van der Waals surface area contributed by atoms with Crippen molar-refractivity contribution in [1.29, 1.82) is 0 Å². The van der Waals surface area contributed by atoms with Crippen LogP contribution in [0.3, 0.4) is 0 Å². The van der Waals surface area contributed by atoms with E-state index in [9.17, 15) is 18.0 Å². The Morgan fingerprint density at radius 3 is 1.86 bits per heavy atom. The van der Waals surface area contributed by atoms with Crippen LogP contribution in [0, 0.1) is 0 Å². The molecule has 0 saturated carbocycles. The van der Waals surface area contributed by atoms with Gasteiger partial charge in [0.2, 0.25) is 0 Å². The molecule has 1 amide bonds. The molecular weight excluding hydrogens is 379 g/mol. The number of ether oxygens (including phenoxy) is 1. The second-order valence-electron chi connectivity index (χ2n) is 6.54. The fraction of sp³-hybridized carbons (Fsp3) is 0.174. The number of halogens is 3. The van der Waals surface area contributed by atoms with Gasteiger partial charge in [0.15, 0.2) is 6.61 Å². The summed E-state index contributed by atoms with van der Waals surface area (Å²) < 4.78 is 43.9. The first kappa shape index (κ1) is 20.5. The Balaban J connectivity index is 1.70. The normalized spacial score (nSPS) is 11.1. The van der Waals surface area contributed by atoms with Crippen LogP contribution in [0.2, 0.25) is 0 Å². The Bertz CT molecular complexity index is 886. The highest BCUT2D eigenvalue weighted by Crippen LogP contribution is 2.31. The molecule has 0 radical (unpaired) electrons. The molecule has 0 fully saturated rings. The SMILES string of the molecule is O=C(COc1cccc(C(F)(F)F)c1)N(Cc1ccccc1)Cc1ccccc1. The van der Waals surface area contributed by atoms with Crippen molar-refractivity contribution in [3.05, 3.63) is 102 Å². The van der Waals surface area contributed by atoms with Gasteiger partial charge in [0.05, 0.1) is 5.56 Å². The third-order valence-corrected chi connectivity index (χ3v) is 4.31. The average Bonchev–Trinajstić information content (AvgIpc) is 2.73. The molecule has 6 heteroatoms. The first-order chi connectivity index (χ1) is 13.9. The standard InChI is InChI=1S/C23H20F3NO2/c24-23(25,26)20-12-7-13-21(14-20)29-17-22(28)27(15-18-8-3-1-4-9-18)16-19-10-5-2-6-11-19/h1-14H,15-17H2. The van der Waals surface area contributed by atoms with Crippen LogP contribution in [0.1, 0.15) is 16.7 Å². The van der Waals surface area contributed by atoms with E-state index in [1.54, 1.807) is 4.90 Å². The predicted octanol–water partition coefficient (Wildman–Crippen LogP) is 5.31. The summed E-state index contributed by atoms with van der Waals surface area (Å²) >= 11 is 0. The molecule has 0 atom stereocenters. The van der Waals surface area contributed by atoms with Gasteiger partial charge in [0.25, 0.3) is 5.91 Å². The lowest BCUT2D eigenvalue weighted by molar-refractivity contribution is -0.137. The zero-order valence-corrected chi connectivity index (χ0v) is 15.6. The van der Waals surface area contributed by atoms with Gasteiger partial charge >= 0.3 is 6.18 Å². The van der Waals surface area contributed by atoms with Gasteiger partial charge in [0, 0.05) is 13.1 Å². The number of nitrogens with zero attached hydrogens (tertiary/aromatic N) is 1. The summed E-state index contributed by atoms with van der Waals surface area (Å²) in [5, 5.41) is 0. The van der Waals surface area contributed by atoms with Crippen LogP contribution in [-0.2, 0) is 24.1 Å². The number of hydrogen-bond donors (Lipinski definition) is 0. The van der Waals surface area contributed by atoms with Crippen molar-refractivity contribution in [3.8, 4) is 5.75 Å². The first-order valence-electron chi connectivity index (χ1n) is 9.07. The molecule has 0 aliphatic rings. The molecule has 3 nitrogen and oxygen atoms in total. The minimum absolute atomic E-state index is 0.00699. The summed E-state index contributed by atoms with van der Waals surface area (Å²) in [5.41, 5.74) is 1.10. The fourth-order valence-corrected chi connectivity index (χ4v) is 2.84. The minimum atomic E-state index is -4.46. The topological polar surface area (TPSA) is 29.5 Å². The number of carbonyl (C=O) groups is 1. The van der Waals surface area contributed by atoms with E-state index >= 15 is 0 Å². The van der Waals surface area contributed by atoms with E-state index in [1.807, 2.05) is 60.7 Å². The molecule has 0 saturated heterocycles. The first-order valence-corrected chi connectivity index (χ1v) is 9.07. The van der Waals surface area contributed by atoms with Crippen LogP contribution in [-0.4, -0.2) is 17.4 Å². The van der Waals surface area contributed by atoms with Crippen LogP contribution in [0.15, 0.2) is 84.9 Å². The molecule has 3 aromatic rings. The van der Waals surface area contributed by atoms with Crippen molar-refractivity contribution in [2.24, 2.45) is 0 Å². The van der Waals surface area contributed by atoms with Crippen LogP contribution in [0.25, 0.3) is 0 Å². The number of hydrogen-bond acceptors (Lipinski definition) is 2. The minimum Gasteiger partial charge on any atom is -0.484 e. The average molecular weight is 399 g/mol. The van der Waals surface area contributed by atoms with Crippen LogP contribution in [0.4, 0.5) is 13.2 Å². The number of alkyl halides is 3. The van der Waals surface area contributed by atoms with E-state index in [0.717, 1.165) is 23.3 Å². The smallest absolute Gasteiger partial charge is 0.416 e. The zero-order chi connectivity index (χ0) is 20.7. The molecule has 0 aliphatic carbocycles. The molecule has 0 aromatic heterocycles. The van der Waals surface area contributed by atoms with Gasteiger partial charge in [-0.05, 0) is 29.3 Å². The lowest BCUT2D eigenvalue weighted by atomic mass is 10.1. The summed E-state index contributed by atoms with van der Waals surface area (Å²) in [6.45, 7) is 0.405. The van der Waals surface area contributed by atoms with E-state index in [-0.39, 0.29) is 18.3 Å². The number of carbonyl (C=O) groups excluding carboxylic acids is 1. The van der Waals surface area contributed by atoms with Gasteiger partial charge in [-0.2, -0.15) is 13.2 Å². The largest absolute Gasteiger partial charge is 0.484 e. The Morgan fingerprint density at radius 1 is 0.793 bits per heavy atom. The highest BCUT2D eigenvalue weighted by molar-refractivity contribution is 5.77. The molecule has 0 bridgehead atoms. The van der Waals surface area contributed by atoms with Crippen molar-refractivity contribution < 1.29 is 22.7 Å². The van der Waals surface area contributed by atoms with E-state index in [1.165, 1.54) is 12.1 Å². The van der Waals surface area contributed by atoms with Crippen molar-refractivity contribution in [3.63, 3.8) is 0 Å². The van der Waals surface area contributed by atoms with Gasteiger partial charge in [0.1, 0.15) is 5.75 Å². The number of benzene rings is 3. The summed E-state index contributed by atoms with van der Waals surface area (Å²) in [5.74, 6) is -0.303. The molecule has 0 spiro atoms. The van der Waals surface area contributed by atoms with Gasteiger partial charge in [-0.25, -0.2) is 0 Å². The summed E-state index contributed by atoms with van der Waals surface area (Å²) in [7, 11) is 0. The zero-order valence-electron chi connectivity index (χ0n) is 15.6. The predicted molar refractivity (Wildman–Crippen MR) is 104 cm³/mol. The Kier molecular flexibility index (Phi) is 6.54. The van der Waals surface area contributed by atoms with Crippen LogP contribution in [0.5, 0.6) is 5.75 Å². The van der Waals surface area contributed by atoms with Gasteiger partial charge in [-0.3, -0.25) is 4.79 Å². The highest BCUT2D eigenvalue weighted by atomic mass is 19.4.